The van der Waals surface area contributed by atoms with Crippen molar-refractivity contribution in [1.82, 2.24) is 0 Å². The van der Waals surface area contributed by atoms with Crippen molar-refractivity contribution in [2.75, 3.05) is 38.9 Å². The SMILES string of the molecule is COOOC.O=C(O)CS.O=C(O)CS.OCCO. The molecule has 0 aliphatic heterocycles. The molecule has 11 heteroatoms. The highest BCUT2D eigenvalue weighted by atomic mass is 32.1. The molecule has 0 aromatic rings. The molecule has 0 atom stereocenters. The number of hydrogen-bond acceptors (Lipinski definition) is 9. The molecule has 0 aromatic carbocycles. The van der Waals surface area contributed by atoms with Crippen molar-refractivity contribution in [3.8, 4) is 0 Å². The average Bonchev–Trinajstić information content (AvgIpc) is 2.41. The van der Waals surface area contributed by atoms with E-state index >= 15 is 0 Å². The molecule has 0 aliphatic carbocycles. The Morgan fingerprint density at radius 1 is 0.895 bits per heavy atom. The minimum absolute atomic E-state index is 0.0833. The number of rotatable bonds is 5. The number of hydrogen-bond donors (Lipinski definition) is 6. The highest BCUT2D eigenvalue weighted by molar-refractivity contribution is 7.81. The molecular formula is C8H20O9S2. The summed E-state index contributed by atoms with van der Waals surface area (Å²) in [5, 5.41) is 34.4. The summed E-state index contributed by atoms with van der Waals surface area (Å²) in [5.74, 6) is -1.93. The molecule has 0 bridgehead atoms. The predicted octanol–water partition coefficient (Wildman–Crippen LogP) is -0.902. The highest BCUT2D eigenvalue weighted by Gasteiger charge is 1.82. The van der Waals surface area contributed by atoms with Gasteiger partial charge in [-0.25, -0.2) is 9.78 Å². The Bertz CT molecular complexity index is 162. The van der Waals surface area contributed by atoms with Gasteiger partial charge in [0.05, 0.1) is 38.9 Å². The number of aliphatic carboxylic acids is 2. The van der Waals surface area contributed by atoms with Crippen LogP contribution in [0.25, 0.3) is 0 Å². The lowest BCUT2D eigenvalue weighted by molar-refractivity contribution is -0.491. The summed E-state index contributed by atoms with van der Waals surface area (Å²) < 4.78 is 0. The van der Waals surface area contributed by atoms with Crippen LogP contribution in [-0.2, 0) is 24.4 Å². The van der Waals surface area contributed by atoms with E-state index in [1.165, 1.54) is 14.2 Å². The number of aliphatic hydroxyl groups is 2. The zero-order chi connectivity index (χ0) is 16.1. The van der Waals surface area contributed by atoms with Gasteiger partial charge in [-0.05, 0) is 0 Å². The fourth-order valence-corrected chi connectivity index (χ4v) is 0.0680. The first-order valence-electron chi connectivity index (χ1n) is 4.48. The van der Waals surface area contributed by atoms with Crippen LogP contribution in [-0.4, -0.2) is 71.3 Å². The lowest BCUT2D eigenvalue weighted by Gasteiger charge is -1.85. The summed E-state index contributed by atoms with van der Waals surface area (Å²) in [4.78, 5) is 26.5. The number of carbonyl (C=O) groups is 2. The van der Waals surface area contributed by atoms with Crippen LogP contribution < -0.4 is 0 Å². The second-order valence-corrected chi connectivity index (χ2v) is 2.58. The van der Waals surface area contributed by atoms with Crippen molar-refractivity contribution >= 4 is 37.2 Å². The van der Waals surface area contributed by atoms with Gasteiger partial charge in [0.2, 0.25) is 0 Å². The molecular weight excluding hydrogens is 304 g/mol. The Balaban J connectivity index is -0.0000000793. The summed E-state index contributed by atoms with van der Waals surface area (Å²) in [5.41, 5.74) is 0. The fourth-order valence-electron chi connectivity index (χ4n) is 0.0680. The van der Waals surface area contributed by atoms with Crippen LogP contribution in [0.4, 0.5) is 0 Å². The van der Waals surface area contributed by atoms with E-state index in [0.717, 1.165) is 0 Å². The lowest BCUT2D eigenvalue weighted by atomic mass is 10.8. The third-order valence-electron chi connectivity index (χ3n) is 0.507. The molecule has 0 amide bonds. The largest absolute Gasteiger partial charge is 0.481 e. The van der Waals surface area contributed by atoms with Crippen molar-refractivity contribution in [2.45, 2.75) is 0 Å². The van der Waals surface area contributed by atoms with Crippen LogP contribution in [0.1, 0.15) is 0 Å². The van der Waals surface area contributed by atoms with Crippen LogP contribution in [0.15, 0.2) is 0 Å². The summed E-state index contributed by atoms with van der Waals surface area (Å²) in [6, 6.07) is 0. The van der Waals surface area contributed by atoms with Crippen molar-refractivity contribution < 1.29 is 44.8 Å². The van der Waals surface area contributed by atoms with Gasteiger partial charge < -0.3 is 20.4 Å². The Labute approximate surface area is 121 Å². The summed E-state index contributed by atoms with van der Waals surface area (Å²) in [6.45, 7) is -0.250. The lowest BCUT2D eigenvalue weighted by Crippen LogP contribution is -1.92. The molecule has 118 valence electrons. The first-order chi connectivity index (χ1) is 8.87. The topological polar surface area (TPSA) is 143 Å². The van der Waals surface area contributed by atoms with Gasteiger partial charge in [-0.1, -0.05) is 5.04 Å². The molecule has 0 spiro atoms. The van der Waals surface area contributed by atoms with Crippen molar-refractivity contribution in [3.63, 3.8) is 0 Å². The maximum absolute atomic E-state index is 9.29. The van der Waals surface area contributed by atoms with E-state index in [1.807, 2.05) is 0 Å². The molecule has 0 heterocycles. The monoisotopic (exact) mass is 324 g/mol. The van der Waals surface area contributed by atoms with E-state index < -0.39 is 11.9 Å². The van der Waals surface area contributed by atoms with E-state index in [9.17, 15) is 9.59 Å². The molecule has 0 unspecified atom stereocenters. The second kappa shape index (κ2) is 30.5. The van der Waals surface area contributed by atoms with E-state index in [1.54, 1.807) is 0 Å². The fraction of sp³-hybridized carbons (Fsp3) is 0.750. The average molecular weight is 324 g/mol. The van der Waals surface area contributed by atoms with E-state index in [2.05, 4.69) is 40.1 Å². The molecule has 4 N–H and O–H groups in total. The van der Waals surface area contributed by atoms with E-state index in [-0.39, 0.29) is 24.7 Å². The molecule has 0 fully saturated rings. The van der Waals surface area contributed by atoms with Crippen LogP contribution in [0, 0.1) is 0 Å². The minimum Gasteiger partial charge on any atom is -0.481 e. The molecule has 0 rings (SSSR count). The van der Waals surface area contributed by atoms with E-state index in [4.69, 9.17) is 20.4 Å². The van der Waals surface area contributed by atoms with E-state index in [0.29, 0.717) is 0 Å². The standard InChI is InChI=1S/C2H6O3.2C2H4O2S.C2H6O2/c1-3-5-4-2;2*3-2(4)1-5;3-1-2-4/h1-2H3;2*5H,1H2,(H,3,4);3-4H,1-2H2. The Morgan fingerprint density at radius 2 is 1.11 bits per heavy atom. The van der Waals surface area contributed by atoms with Crippen LogP contribution in [0.3, 0.4) is 0 Å². The normalized spacial score (nSPS) is 7.68. The van der Waals surface area contributed by atoms with Crippen LogP contribution >= 0.6 is 25.3 Å². The zero-order valence-electron chi connectivity index (χ0n) is 10.6. The molecule has 0 aliphatic rings. The summed E-state index contributed by atoms with van der Waals surface area (Å²) in [6.07, 6.45) is 0. The predicted molar refractivity (Wildman–Crippen MR) is 72.3 cm³/mol. The van der Waals surface area contributed by atoms with Gasteiger partial charge in [-0.15, -0.1) is 0 Å². The van der Waals surface area contributed by atoms with Crippen molar-refractivity contribution in [3.05, 3.63) is 0 Å². The number of thiol groups is 2. The summed E-state index contributed by atoms with van der Waals surface area (Å²) in [7, 11) is 2.73. The molecule has 9 nitrogen and oxygen atoms in total. The summed E-state index contributed by atoms with van der Waals surface area (Å²) >= 11 is 6.83. The molecule has 0 saturated carbocycles. The molecule has 19 heavy (non-hydrogen) atoms. The Hall–Kier alpha value is -0.560. The second-order valence-electron chi connectivity index (χ2n) is 1.95. The van der Waals surface area contributed by atoms with Gasteiger partial charge in [-0.3, -0.25) is 9.59 Å². The van der Waals surface area contributed by atoms with Crippen molar-refractivity contribution in [2.24, 2.45) is 0 Å². The number of carboxylic acids is 2. The Morgan fingerprint density at radius 3 is 1.11 bits per heavy atom. The van der Waals surface area contributed by atoms with Gasteiger partial charge in [0.1, 0.15) is 0 Å². The Kier molecular flexibility index (Phi) is 43.1. The third kappa shape index (κ3) is 100. The van der Waals surface area contributed by atoms with Gasteiger partial charge in [0.15, 0.2) is 0 Å². The highest BCUT2D eigenvalue weighted by Crippen LogP contribution is 1.67. The van der Waals surface area contributed by atoms with Gasteiger partial charge in [0, 0.05) is 0 Å². The maximum atomic E-state index is 9.29. The number of carboxylic acid groups (broad SMARTS) is 2. The smallest absolute Gasteiger partial charge is 0.313 e. The minimum atomic E-state index is -0.881. The third-order valence-corrected chi connectivity index (χ3v) is 1.05. The van der Waals surface area contributed by atoms with Crippen LogP contribution in [0.5, 0.6) is 0 Å². The molecule has 0 saturated heterocycles. The molecule has 0 aromatic heterocycles. The van der Waals surface area contributed by atoms with Crippen LogP contribution in [0.2, 0.25) is 0 Å². The number of aliphatic hydroxyl groups excluding tert-OH is 2. The van der Waals surface area contributed by atoms with Gasteiger partial charge in [-0.2, -0.15) is 25.3 Å². The molecule has 0 radical (unpaired) electrons. The first kappa shape index (κ1) is 26.9. The zero-order valence-corrected chi connectivity index (χ0v) is 12.3. The maximum Gasteiger partial charge on any atom is 0.313 e. The van der Waals surface area contributed by atoms with Gasteiger partial charge >= 0.3 is 11.9 Å². The van der Waals surface area contributed by atoms with Crippen molar-refractivity contribution in [1.29, 1.82) is 0 Å². The van der Waals surface area contributed by atoms with Gasteiger partial charge in [0.25, 0.3) is 0 Å². The first-order valence-corrected chi connectivity index (χ1v) is 5.74. The quantitative estimate of drug-likeness (QED) is 0.215.